The highest BCUT2D eigenvalue weighted by Crippen LogP contribution is 2.31. The van der Waals surface area contributed by atoms with Crippen LogP contribution in [0.25, 0.3) is 11.3 Å². The summed E-state index contributed by atoms with van der Waals surface area (Å²) in [5, 5.41) is 3.10. The smallest absolute Gasteiger partial charge is 0.268 e. The molecule has 25 heavy (non-hydrogen) atoms. The molecule has 0 aliphatic heterocycles. The zero-order valence-corrected chi connectivity index (χ0v) is 15.8. The summed E-state index contributed by atoms with van der Waals surface area (Å²) < 4.78 is 27.7. The summed E-state index contributed by atoms with van der Waals surface area (Å²) in [4.78, 5) is 0.285. The van der Waals surface area contributed by atoms with Crippen molar-refractivity contribution >= 4 is 22.4 Å². The Bertz CT molecular complexity index is 936. The molecule has 6 heteroatoms. The van der Waals surface area contributed by atoms with E-state index in [9.17, 15) is 8.42 Å². The van der Waals surface area contributed by atoms with Crippen molar-refractivity contribution in [3.63, 3.8) is 0 Å². The molecular weight excluding hydrogens is 356 g/mol. The van der Waals surface area contributed by atoms with Crippen molar-refractivity contribution in [1.82, 2.24) is 9.29 Å². The number of aromatic nitrogens is 1. The largest absolute Gasteiger partial charge is 0.316 e. The molecule has 0 unspecified atom stereocenters. The second-order valence-corrected chi connectivity index (χ2v) is 7.45. The molecule has 1 heterocycles. The van der Waals surface area contributed by atoms with Crippen LogP contribution in [0.1, 0.15) is 11.1 Å². The predicted molar refractivity (Wildman–Crippen MR) is 104 cm³/mol. The summed E-state index contributed by atoms with van der Waals surface area (Å²) in [7, 11) is -1.80. The predicted octanol–water partition coefficient (Wildman–Crippen LogP) is 3.84. The lowest BCUT2D eigenvalue weighted by Crippen LogP contribution is -2.13. The topological polar surface area (TPSA) is 51.1 Å². The lowest BCUT2D eigenvalue weighted by molar-refractivity contribution is 0.588. The van der Waals surface area contributed by atoms with Crippen LogP contribution < -0.4 is 5.32 Å². The molecule has 4 nitrogen and oxygen atoms in total. The summed E-state index contributed by atoms with van der Waals surface area (Å²) >= 11 is 0. The van der Waals surface area contributed by atoms with Gasteiger partial charge in [-0.1, -0.05) is 48.5 Å². The number of nitrogens with one attached hydrogen (secondary N) is 1. The van der Waals surface area contributed by atoms with Gasteiger partial charge >= 0.3 is 0 Å². The van der Waals surface area contributed by atoms with Gasteiger partial charge in [-0.15, -0.1) is 12.4 Å². The second kappa shape index (κ2) is 7.87. The van der Waals surface area contributed by atoms with Crippen LogP contribution in [-0.2, 0) is 16.6 Å². The van der Waals surface area contributed by atoms with Crippen LogP contribution in [0.15, 0.2) is 71.8 Å². The minimum atomic E-state index is -3.65. The molecule has 0 radical (unpaired) electrons. The van der Waals surface area contributed by atoms with Gasteiger partial charge < -0.3 is 5.32 Å². The van der Waals surface area contributed by atoms with Crippen molar-refractivity contribution in [2.45, 2.75) is 18.4 Å². The normalized spacial score (nSPS) is 11.1. The number of rotatable bonds is 5. The Morgan fingerprint density at radius 2 is 1.52 bits per heavy atom. The van der Waals surface area contributed by atoms with Crippen LogP contribution in [0.3, 0.4) is 0 Å². The Labute approximate surface area is 155 Å². The molecule has 0 bridgehead atoms. The van der Waals surface area contributed by atoms with Crippen LogP contribution in [0.2, 0.25) is 0 Å². The maximum atomic E-state index is 13.1. The van der Waals surface area contributed by atoms with Crippen molar-refractivity contribution in [3.05, 3.63) is 78.0 Å². The van der Waals surface area contributed by atoms with E-state index in [0.29, 0.717) is 12.2 Å². The fourth-order valence-corrected chi connectivity index (χ4v) is 4.30. The molecule has 2 aromatic carbocycles. The lowest BCUT2D eigenvalue weighted by Gasteiger charge is -2.11. The summed E-state index contributed by atoms with van der Waals surface area (Å²) in [6, 6.07) is 18.1. The monoisotopic (exact) mass is 376 g/mol. The van der Waals surface area contributed by atoms with E-state index >= 15 is 0 Å². The van der Waals surface area contributed by atoms with Gasteiger partial charge in [0.05, 0.1) is 10.6 Å². The first kappa shape index (κ1) is 19.2. The lowest BCUT2D eigenvalue weighted by atomic mass is 10.1. The third-order valence-corrected chi connectivity index (χ3v) is 5.72. The summed E-state index contributed by atoms with van der Waals surface area (Å²) in [5.74, 6) is 0. The van der Waals surface area contributed by atoms with Gasteiger partial charge in [-0.25, -0.2) is 12.4 Å². The quantitative estimate of drug-likeness (QED) is 0.736. The third-order valence-electron chi connectivity index (χ3n) is 4.04. The van der Waals surface area contributed by atoms with Gasteiger partial charge in [-0.3, -0.25) is 0 Å². The molecule has 0 aliphatic rings. The molecule has 3 aromatic rings. The van der Waals surface area contributed by atoms with Crippen molar-refractivity contribution in [2.75, 3.05) is 7.05 Å². The molecule has 0 aliphatic carbocycles. The molecule has 0 saturated heterocycles. The van der Waals surface area contributed by atoms with Gasteiger partial charge in [-0.05, 0) is 42.8 Å². The van der Waals surface area contributed by atoms with Crippen molar-refractivity contribution in [1.29, 1.82) is 0 Å². The Morgan fingerprint density at radius 3 is 2.08 bits per heavy atom. The molecule has 0 fully saturated rings. The number of hydrogen-bond acceptors (Lipinski definition) is 3. The van der Waals surface area contributed by atoms with E-state index in [1.54, 1.807) is 30.5 Å². The summed E-state index contributed by atoms with van der Waals surface area (Å²) in [6.45, 7) is 2.58. The Hall–Kier alpha value is -2.08. The van der Waals surface area contributed by atoms with Gasteiger partial charge in [0.25, 0.3) is 10.0 Å². The van der Waals surface area contributed by atoms with Gasteiger partial charge in [-0.2, -0.15) is 0 Å². The van der Waals surface area contributed by atoms with E-state index < -0.39 is 10.0 Å². The fourth-order valence-electron chi connectivity index (χ4n) is 2.82. The van der Waals surface area contributed by atoms with Crippen LogP contribution in [0, 0.1) is 6.92 Å². The SMILES string of the molecule is CNCc1cn(S(=O)(=O)c2ccccc2)c(-c2ccccc2)c1C.Cl. The summed E-state index contributed by atoms with van der Waals surface area (Å²) in [5.41, 5.74) is 3.53. The zero-order valence-electron chi connectivity index (χ0n) is 14.1. The molecule has 0 amide bonds. The van der Waals surface area contributed by atoms with Gasteiger partial charge in [0.15, 0.2) is 0 Å². The molecule has 132 valence electrons. The Kier molecular flexibility index (Phi) is 6.06. The van der Waals surface area contributed by atoms with E-state index in [-0.39, 0.29) is 17.3 Å². The first-order valence-corrected chi connectivity index (χ1v) is 9.21. The highest BCUT2D eigenvalue weighted by atomic mass is 35.5. The van der Waals surface area contributed by atoms with Gasteiger partial charge in [0.1, 0.15) is 0 Å². The third kappa shape index (κ3) is 3.63. The van der Waals surface area contributed by atoms with Crippen molar-refractivity contribution in [3.8, 4) is 11.3 Å². The van der Waals surface area contributed by atoms with Crippen molar-refractivity contribution < 1.29 is 8.42 Å². The summed E-state index contributed by atoms with van der Waals surface area (Å²) in [6.07, 6.45) is 1.72. The van der Waals surface area contributed by atoms with Gasteiger partial charge in [0, 0.05) is 12.7 Å². The Balaban J connectivity index is 0.00000225. The van der Waals surface area contributed by atoms with Crippen molar-refractivity contribution in [2.24, 2.45) is 0 Å². The minimum absolute atomic E-state index is 0. The van der Waals surface area contributed by atoms with Crippen LogP contribution in [0.4, 0.5) is 0 Å². The average Bonchev–Trinajstić information content (AvgIpc) is 2.94. The standard InChI is InChI=1S/C19H20N2O2S.ClH/c1-15-17(13-20-2)14-21(19(15)16-9-5-3-6-10-16)24(22,23)18-11-7-4-8-12-18;/h3-12,14,20H,13H2,1-2H3;1H. The molecule has 1 N–H and O–H groups in total. The highest BCUT2D eigenvalue weighted by molar-refractivity contribution is 7.90. The number of hydrogen-bond donors (Lipinski definition) is 1. The average molecular weight is 377 g/mol. The van der Waals surface area contributed by atoms with E-state index in [0.717, 1.165) is 16.7 Å². The van der Waals surface area contributed by atoms with E-state index in [2.05, 4.69) is 5.32 Å². The second-order valence-electron chi connectivity index (χ2n) is 5.64. The molecule has 1 aromatic heterocycles. The first-order valence-electron chi connectivity index (χ1n) is 7.77. The maximum Gasteiger partial charge on any atom is 0.268 e. The number of nitrogens with zero attached hydrogens (tertiary/aromatic N) is 1. The number of halogens is 1. The molecule has 0 spiro atoms. The fraction of sp³-hybridized carbons (Fsp3) is 0.158. The van der Waals surface area contributed by atoms with Gasteiger partial charge in [0.2, 0.25) is 0 Å². The molecular formula is C19H21ClN2O2S. The number of benzene rings is 2. The molecule has 3 rings (SSSR count). The minimum Gasteiger partial charge on any atom is -0.316 e. The molecule has 0 atom stereocenters. The highest BCUT2D eigenvalue weighted by Gasteiger charge is 2.24. The first-order chi connectivity index (χ1) is 11.6. The van der Waals surface area contributed by atoms with E-state index in [1.807, 2.05) is 50.4 Å². The van der Waals surface area contributed by atoms with E-state index in [1.165, 1.54) is 3.97 Å². The van der Waals surface area contributed by atoms with Crippen LogP contribution in [-0.4, -0.2) is 19.4 Å². The molecule has 0 saturated carbocycles. The van der Waals surface area contributed by atoms with E-state index in [4.69, 9.17) is 0 Å². The zero-order chi connectivity index (χ0) is 17.2. The van der Waals surface area contributed by atoms with Crippen LogP contribution >= 0.6 is 12.4 Å². The maximum absolute atomic E-state index is 13.1. The van der Waals surface area contributed by atoms with Crippen LogP contribution in [0.5, 0.6) is 0 Å². The Morgan fingerprint density at radius 1 is 0.960 bits per heavy atom.